The minimum atomic E-state index is -0.275. The lowest BCUT2D eigenvalue weighted by atomic mass is 10.0. The van der Waals surface area contributed by atoms with Crippen LogP contribution in [-0.4, -0.2) is 50.4 Å². The average molecular weight is 314 g/mol. The van der Waals surface area contributed by atoms with Gasteiger partial charge in [0.1, 0.15) is 6.33 Å². The second kappa shape index (κ2) is 6.50. The minimum absolute atomic E-state index is 0.0235. The molecule has 1 fully saturated rings. The number of aryl methyl sites for hydroxylation is 1. The topological polar surface area (TPSA) is 71.2 Å². The van der Waals surface area contributed by atoms with Crippen LogP contribution in [0.1, 0.15) is 29.6 Å². The SMILES string of the molecule is CN(CC1CCCC1O)C(=O)c1ccc(-c2ncn(C)n2)cc1. The molecule has 0 spiro atoms. The van der Waals surface area contributed by atoms with Crippen LogP contribution in [0.3, 0.4) is 0 Å². The van der Waals surface area contributed by atoms with Crippen LogP contribution in [0.15, 0.2) is 30.6 Å². The first-order valence-corrected chi connectivity index (χ1v) is 7.94. The molecule has 2 atom stereocenters. The fraction of sp³-hybridized carbons (Fsp3) is 0.471. The normalized spacial score (nSPS) is 20.7. The van der Waals surface area contributed by atoms with Gasteiger partial charge in [0.2, 0.25) is 0 Å². The van der Waals surface area contributed by atoms with Gasteiger partial charge in [-0.05, 0) is 25.0 Å². The van der Waals surface area contributed by atoms with E-state index < -0.39 is 0 Å². The number of carbonyl (C=O) groups excluding carboxylic acids is 1. The molecule has 1 aliphatic rings. The number of amides is 1. The highest BCUT2D eigenvalue weighted by atomic mass is 16.3. The third-order valence-electron chi connectivity index (χ3n) is 4.46. The van der Waals surface area contributed by atoms with Crippen molar-refractivity contribution >= 4 is 5.91 Å². The largest absolute Gasteiger partial charge is 0.393 e. The Labute approximate surface area is 135 Å². The Hall–Kier alpha value is -2.21. The molecule has 6 nitrogen and oxygen atoms in total. The van der Waals surface area contributed by atoms with Gasteiger partial charge in [0.15, 0.2) is 5.82 Å². The van der Waals surface area contributed by atoms with Crippen molar-refractivity contribution in [3.8, 4) is 11.4 Å². The summed E-state index contributed by atoms with van der Waals surface area (Å²) in [5.41, 5.74) is 1.52. The first-order valence-electron chi connectivity index (χ1n) is 7.94. The Morgan fingerprint density at radius 3 is 2.65 bits per heavy atom. The number of hydrogen-bond donors (Lipinski definition) is 1. The molecular weight excluding hydrogens is 292 g/mol. The van der Waals surface area contributed by atoms with E-state index in [1.807, 2.05) is 19.2 Å². The third-order valence-corrected chi connectivity index (χ3v) is 4.46. The molecule has 1 aromatic heterocycles. The van der Waals surface area contributed by atoms with E-state index in [9.17, 15) is 9.90 Å². The highest BCUT2D eigenvalue weighted by molar-refractivity contribution is 5.94. The Bertz CT molecular complexity index is 680. The summed E-state index contributed by atoms with van der Waals surface area (Å²) in [6.07, 6.45) is 4.25. The minimum Gasteiger partial charge on any atom is -0.393 e. The van der Waals surface area contributed by atoms with Gasteiger partial charge in [0, 0.05) is 37.7 Å². The molecule has 23 heavy (non-hydrogen) atoms. The van der Waals surface area contributed by atoms with Crippen LogP contribution >= 0.6 is 0 Å². The summed E-state index contributed by atoms with van der Waals surface area (Å²) in [4.78, 5) is 18.4. The van der Waals surface area contributed by atoms with Crippen LogP contribution in [0.25, 0.3) is 11.4 Å². The summed E-state index contributed by atoms with van der Waals surface area (Å²) in [6, 6.07) is 7.33. The Balaban J connectivity index is 1.67. The maximum atomic E-state index is 12.5. The lowest BCUT2D eigenvalue weighted by Gasteiger charge is -2.23. The monoisotopic (exact) mass is 314 g/mol. The van der Waals surface area contributed by atoms with Crippen LogP contribution in [0.4, 0.5) is 0 Å². The molecule has 2 unspecified atom stereocenters. The van der Waals surface area contributed by atoms with E-state index >= 15 is 0 Å². The number of carbonyl (C=O) groups is 1. The van der Waals surface area contributed by atoms with Crippen molar-refractivity contribution in [2.24, 2.45) is 13.0 Å². The molecular formula is C17H22N4O2. The zero-order valence-corrected chi connectivity index (χ0v) is 13.5. The van der Waals surface area contributed by atoms with Gasteiger partial charge < -0.3 is 10.0 Å². The molecule has 1 aliphatic carbocycles. The summed E-state index contributed by atoms with van der Waals surface area (Å²) >= 11 is 0. The number of aliphatic hydroxyl groups excluding tert-OH is 1. The van der Waals surface area contributed by atoms with E-state index in [0.717, 1.165) is 24.8 Å². The summed E-state index contributed by atoms with van der Waals surface area (Å²) < 4.78 is 1.65. The van der Waals surface area contributed by atoms with E-state index in [2.05, 4.69) is 10.1 Å². The van der Waals surface area contributed by atoms with Crippen molar-refractivity contribution in [2.45, 2.75) is 25.4 Å². The van der Waals surface area contributed by atoms with Crippen LogP contribution in [-0.2, 0) is 7.05 Å². The number of benzene rings is 1. The maximum absolute atomic E-state index is 12.5. The van der Waals surface area contributed by atoms with E-state index in [1.54, 1.807) is 35.1 Å². The molecule has 3 rings (SSSR count). The molecule has 0 bridgehead atoms. The number of aromatic nitrogens is 3. The van der Waals surface area contributed by atoms with Crippen molar-refractivity contribution in [1.82, 2.24) is 19.7 Å². The van der Waals surface area contributed by atoms with Crippen molar-refractivity contribution < 1.29 is 9.90 Å². The second-order valence-electron chi connectivity index (χ2n) is 6.26. The molecule has 0 radical (unpaired) electrons. The van der Waals surface area contributed by atoms with Crippen LogP contribution in [0, 0.1) is 5.92 Å². The number of nitrogens with zero attached hydrogens (tertiary/aromatic N) is 4. The summed E-state index contributed by atoms with van der Waals surface area (Å²) in [6.45, 7) is 0.601. The lowest BCUT2D eigenvalue weighted by Crippen LogP contribution is -2.34. The second-order valence-corrected chi connectivity index (χ2v) is 6.26. The molecule has 1 heterocycles. The van der Waals surface area contributed by atoms with Gasteiger partial charge in [0.25, 0.3) is 5.91 Å². The van der Waals surface area contributed by atoms with Crippen LogP contribution in [0.2, 0.25) is 0 Å². The molecule has 2 aromatic rings. The standard InChI is InChI=1S/C17H22N4O2/c1-20(10-14-4-3-5-15(14)22)17(23)13-8-6-12(7-9-13)16-18-11-21(2)19-16/h6-9,11,14-15,22H,3-5,10H2,1-2H3. The lowest BCUT2D eigenvalue weighted by molar-refractivity contribution is 0.0693. The Morgan fingerprint density at radius 1 is 1.35 bits per heavy atom. The molecule has 1 saturated carbocycles. The Kier molecular flexibility index (Phi) is 4.43. The highest BCUT2D eigenvalue weighted by Crippen LogP contribution is 2.26. The van der Waals surface area contributed by atoms with Crippen LogP contribution < -0.4 is 0 Å². The molecule has 122 valence electrons. The van der Waals surface area contributed by atoms with E-state index in [1.165, 1.54) is 0 Å². The molecule has 6 heteroatoms. The van der Waals surface area contributed by atoms with Crippen LogP contribution in [0.5, 0.6) is 0 Å². The van der Waals surface area contributed by atoms with E-state index in [4.69, 9.17) is 0 Å². The van der Waals surface area contributed by atoms with Gasteiger partial charge in [-0.15, -0.1) is 0 Å². The van der Waals surface area contributed by atoms with E-state index in [-0.39, 0.29) is 17.9 Å². The van der Waals surface area contributed by atoms with Gasteiger partial charge in [0.05, 0.1) is 6.10 Å². The van der Waals surface area contributed by atoms with Crippen molar-refractivity contribution in [1.29, 1.82) is 0 Å². The zero-order valence-electron chi connectivity index (χ0n) is 13.5. The van der Waals surface area contributed by atoms with Gasteiger partial charge >= 0.3 is 0 Å². The number of rotatable bonds is 4. The summed E-state index contributed by atoms with van der Waals surface area (Å²) in [7, 11) is 3.61. The highest BCUT2D eigenvalue weighted by Gasteiger charge is 2.27. The fourth-order valence-corrected chi connectivity index (χ4v) is 3.12. The zero-order chi connectivity index (χ0) is 16.4. The average Bonchev–Trinajstić information content (AvgIpc) is 3.16. The molecule has 0 aliphatic heterocycles. The predicted molar refractivity (Wildman–Crippen MR) is 86.7 cm³/mol. The smallest absolute Gasteiger partial charge is 0.253 e. The first kappa shape index (κ1) is 15.7. The quantitative estimate of drug-likeness (QED) is 0.932. The van der Waals surface area contributed by atoms with Crippen molar-refractivity contribution in [3.05, 3.63) is 36.2 Å². The number of aliphatic hydroxyl groups is 1. The van der Waals surface area contributed by atoms with Crippen molar-refractivity contribution in [3.63, 3.8) is 0 Å². The first-order chi connectivity index (χ1) is 11.0. The summed E-state index contributed by atoms with van der Waals surface area (Å²) in [5.74, 6) is 0.819. The van der Waals surface area contributed by atoms with Gasteiger partial charge in [-0.2, -0.15) is 5.10 Å². The molecule has 1 amide bonds. The predicted octanol–water partition coefficient (Wildman–Crippen LogP) is 1.72. The third kappa shape index (κ3) is 3.42. The van der Waals surface area contributed by atoms with Gasteiger partial charge in [-0.25, -0.2) is 4.98 Å². The van der Waals surface area contributed by atoms with Crippen molar-refractivity contribution in [2.75, 3.05) is 13.6 Å². The Morgan fingerprint density at radius 2 is 2.09 bits per heavy atom. The maximum Gasteiger partial charge on any atom is 0.253 e. The molecule has 0 saturated heterocycles. The van der Waals surface area contributed by atoms with Gasteiger partial charge in [-0.3, -0.25) is 9.48 Å². The number of hydrogen-bond acceptors (Lipinski definition) is 4. The van der Waals surface area contributed by atoms with E-state index in [0.29, 0.717) is 17.9 Å². The van der Waals surface area contributed by atoms with Gasteiger partial charge in [-0.1, -0.05) is 18.6 Å². The molecule has 1 aromatic carbocycles. The fourth-order valence-electron chi connectivity index (χ4n) is 3.12. The molecule has 1 N–H and O–H groups in total. The summed E-state index contributed by atoms with van der Waals surface area (Å²) in [5, 5.41) is 14.2.